The summed E-state index contributed by atoms with van der Waals surface area (Å²) in [6.07, 6.45) is 3.63. The van der Waals surface area contributed by atoms with Gasteiger partial charge in [-0.25, -0.2) is 0 Å². The van der Waals surface area contributed by atoms with E-state index in [0.717, 1.165) is 6.42 Å². The van der Waals surface area contributed by atoms with Crippen LogP contribution in [0.25, 0.3) is 0 Å². The topological polar surface area (TPSA) is 27.0 Å². The van der Waals surface area contributed by atoms with E-state index in [1.807, 2.05) is 6.92 Å². The zero-order valence-electron chi connectivity index (χ0n) is 7.38. The molecule has 11 heavy (non-hydrogen) atoms. The van der Waals surface area contributed by atoms with Crippen LogP contribution >= 0.6 is 0 Å². The molecule has 2 heteroatoms. The summed E-state index contributed by atoms with van der Waals surface area (Å²) < 4.78 is 0. The SMILES string of the molecule is CC(C#N)CC1CCCN1C. The molecule has 1 rings (SSSR count). The molecular weight excluding hydrogens is 136 g/mol. The molecule has 0 aliphatic carbocycles. The third-order valence-corrected chi connectivity index (χ3v) is 2.52. The summed E-state index contributed by atoms with van der Waals surface area (Å²) >= 11 is 0. The van der Waals surface area contributed by atoms with Crippen LogP contribution < -0.4 is 0 Å². The molecule has 2 atom stereocenters. The maximum Gasteiger partial charge on any atom is 0.0653 e. The maximum absolute atomic E-state index is 8.61. The molecule has 0 saturated carbocycles. The standard InChI is InChI=1S/C9H16N2/c1-8(7-10)6-9-4-3-5-11(9)2/h8-9H,3-6H2,1-2H3. The minimum atomic E-state index is 0.223. The van der Waals surface area contributed by atoms with E-state index in [1.165, 1.54) is 19.4 Å². The van der Waals surface area contributed by atoms with Crippen molar-refractivity contribution in [3.8, 4) is 6.07 Å². The fourth-order valence-corrected chi connectivity index (χ4v) is 1.74. The fraction of sp³-hybridized carbons (Fsp3) is 0.889. The molecule has 0 bridgehead atoms. The number of nitrogens with zero attached hydrogens (tertiary/aromatic N) is 2. The Morgan fingerprint density at radius 1 is 1.73 bits per heavy atom. The first-order valence-electron chi connectivity index (χ1n) is 4.34. The summed E-state index contributed by atoms with van der Waals surface area (Å²) in [6.45, 7) is 3.22. The highest BCUT2D eigenvalue weighted by molar-refractivity contribution is 4.86. The summed E-state index contributed by atoms with van der Waals surface area (Å²) in [5.74, 6) is 0.223. The Hall–Kier alpha value is -0.550. The van der Waals surface area contributed by atoms with Gasteiger partial charge in [-0.3, -0.25) is 0 Å². The Morgan fingerprint density at radius 3 is 2.91 bits per heavy atom. The average Bonchev–Trinajstić information content (AvgIpc) is 2.37. The summed E-state index contributed by atoms with van der Waals surface area (Å²) in [5, 5.41) is 8.61. The van der Waals surface area contributed by atoms with Gasteiger partial charge in [0.25, 0.3) is 0 Å². The van der Waals surface area contributed by atoms with Crippen molar-refractivity contribution in [1.82, 2.24) is 4.90 Å². The lowest BCUT2D eigenvalue weighted by atomic mass is 10.0. The monoisotopic (exact) mass is 152 g/mol. The second-order valence-electron chi connectivity index (χ2n) is 3.54. The van der Waals surface area contributed by atoms with Gasteiger partial charge in [0.15, 0.2) is 0 Å². The second-order valence-corrected chi connectivity index (χ2v) is 3.54. The molecule has 2 nitrogen and oxygen atoms in total. The van der Waals surface area contributed by atoms with Crippen LogP contribution in [0.5, 0.6) is 0 Å². The molecule has 0 amide bonds. The molecule has 0 radical (unpaired) electrons. The Bertz CT molecular complexity index is 159. The van der Waals surface area contributed by atoms with E-state index in [2.05, 4.69) is 18.0 Å². The van der Waals surface area contributed by atoms with Crippen LogP contribution in [-0.4, -0.2) is 24.5 Å². The minimum Gasteiger partial charge on any atom is -0.303 e. The number of hydrogen-bond acceptors (Lipinski definition) is 2. The first-order valence-corrected chi connectivity index (χ1v) is 4.34. The summed E-state index contributed by atoms with van der Waals surface area (Å²) in [4.78, 5) is 2.37. The second kappa shape index (κ2) is 3.73. The van der Waals surface area contributed by atoms with Crippen molar-refractivity contribution in [2.75, 3.05) is 13.6 Å². The van der Waals surface area contributed by atoms with Crippen LogP contribution in [0.2, 0.25) is 0 Å². The third kappa shape index (κ3) is 2.20. The van der Waals surface area contributed by atoms with Crippen molar-refractivity contribution in [1.29, 1.82) is 5.26 Å². The molecule has 1 aliphatic heterocycles. The highest BCUT2D eigenvalue weighted by atomic mass is 15.1. The predicted octanol–water partition coefficient (Wildman–Crippen LogP) is 1.63. The zero-order chi connectivity index (χ0) is 8.27. The lowest BCUT2D eigenvalue weighted by Gasteiger charge is -2.19. The van der Waals surface area contributed by atoms with Crippen molar-refractivity contribution in [2.24, 2.45) is 5.92 Å². The predicted molar refractivity (Wildman–Crippen MR) is 45.0 cm³/mol. The highest BCUT2D eigenvalue weighted by Crippen LogP contribution is 2.20. The van der Waals surface area contributed by atoms with Crippen LogP contribution in [-0.2, 0) is 0 Å². The molecule has 62 valence electrons. The van der Waals surface area contributed by atoms with E-state index >= 15 is 0 Å². The van der Waals surface area contributed by atoms with Crippen molar-refractivity contribution in [3.63, 3.8) is 0 Å². The van der Waals surface area contributed by atoms with E-state index in [0.29, 0.717) is 6.04 Å². The molecule has 1 heterocycles. The van der Waals surface area contributed by atoms with Gasteiger partial charge < -0.3 is 4.90 Å². The van der Waals surface area contributed by atoms with Crippen LogP contribution in [0, 0.1) is 17.2 Å². The molecule has 0 aromatic carbocycles. The van der Waals surface area contributed by atoms with Crippen molar-refractivity contribution < 1.29 is 0 Å². The maximum atomic E-state index is 8.61. The zero-order valence-corrected chi connectivity index (χ0v) is 7.38. The van der Waals surface area contributed by atoms with E-state index in [4.69, 9.17) is 5.26 Å². The van der Waals surface area contributed by atoms with Gasteiger partial charge in [-0.1, -0.05) is 0 Å². The van der Waals surface area contributed by atoms with Gasteiger partial charge in [0.2, 0.25) is 0 Å². The van der Waals surface area contributed by atoms with E-state index < -0.39 is 0 Å². The first-order chi connectivity index (χ1) is 5.24. The van der Waals surface area contributed by atoms with Crippen LogP contribution in [0.1, 0.15) is 26.2 Å². The quantitative estimate of drug-likeness (QED) is 0.601. The van der Waals surface area contributed by atoms with Crippen molar-refractivity contribution in [3.05, 3.63) is 0 Å². The van der Waals surface area contributed by atoms with Gasteiger partial charge in [0, 0.05) is 12.0 Å². The summed E-state index contributed by atoms with van der Waals surface area (Å²) in [6, 6.07) is 2.96. The third-order valence-electron chi connectivity index (χ3n) is 2.52. The van der Waals surface area contributed by atoms with Gasteiger partial charge >= 0.3 is 0 Å². The number of nitriles is 1. The van der Waals surface area contributed by atoms with Gasteiger partial charge in [0.05, 0.1) is 6.07 Å². The average molecular weight is 152 g/mol. The largest absolute Gasteiger partial charge is 0.303 e. The summed E-state index contributed by atoms with van der Waals surface area (Å²) in [7, 11) is 2.15. The molecule has 0 aromatic heterocycles. The van der Waals surface area contributed by atoms with E-state index in [-0.39, 0.29) is 5.92 Å². The Kier molecular flexibility index (Phi) is 2.90. The highest BCUT2D eigenvalue weighted by Gasteiger charge is 2.22. The summed E-state index contributed by atoms with van der Waals surface area (Å²) in [5.41, 5.74) is 0. The lowest BCUT2D eigenvalue weighted by molar-refractivity contribution is 0.281. The molecule has 1 fully saturated rings. The number of hydrogen-bond donors (Lipinski definition) is 0. The molecule has 0 spiro atoms. The normalized spacial score (nSPS) is 28.3. The number of likely N-dealkylation sites (tertiary alicyclic amines) is 1. The smallest absolute Gasteiger partial charge is 0.0653 e. The first kappa shape index (κ1) is 8.55. The van der Waals surface area contributed by atoms with E-state index in [9.17, 15) is 0 Å². The van der Waals surface area contributed by atoms with Crippen molar-refractivity contribution in [2.45, 2.75) is 32.2 Å². The number of rotatable bonds is 2. The molecule has 2 unspecified atom stereocenters. The molecule has 1 aliphatic rings. The minimum absolute atomic E-state index is 0.223. The molecule has 0 aromatic rings. The van der Waals surface area contributed by atoms with Crippen LogP contribution in [0.4, 0.5) is 0 Å². The van der Waals surface area contributed by atoms with Gasteiger partial charge in [-0.15, -0.1) is 0 Å². The Balaban J connectivity index is 2.32. The van der Waals surface area contributed by atoms with Gasteiger partial charge in [-0.2, -0.15) is 5.26 Å². The van der Waals surface area contributed by atoms with Crippen molar-refractivity contribution >= 4 is 0 Å². The van der Waals surface area contributed by atoms with Crippen LogP contribution in [0.3, 0.4) is 0 Å². The van der Waals surface area contributed by atoms with E-state index in [1.54, 1.807) is 0 Å². The fourth-order valence-electron chi connectivity index (χ4n) is 1.74. The van der Waals surface area contributed by atoms with Crippen LogP contribution in [0.15, 0.2) is 0 Å². The Morgan fingerprint density at radius 2 is 2.45 bits per heavy atom. The molecular formula is C9H16N2. The van der Waals surface area contributed by atoms with Gasteiger partial charge in [-0.05, 0) is 39.8 Å². The molecule has 0 N–H and O–H groups in total. The molecule has 1 saturated heterocycles. The lowest BCUT2D eigenvalue weighted by Crippen LogP contribution is -2.26. The Labute approximate surface area is 68.8 Å². The van der Waals surface area contributed by atoms with Gasteiger partial charge in [0.1, 0.15) is 0 Å².